The Morgan fingerprint density at radius 2 is 2.00 bits per heavy atom. The van der Waals surface area contributed by atoms with Crippen LogP contribution in [0.15, 0.2) is 30.3 Å². The van der Waals surface area contributed by atoms with Crippen molar-refractivity contribution >= 4 is 10.8 Å². The summed E-state index contributed by atoms with van der Waals surface area (Å²) in [7, 11) is -0.909. The van der Waals surface area contributed by atoms with Gasteiger partial charge in [-0.3, -0.25) is 4.21 Å². The number of hydrogen-bond acceptors (Lipinski definition) is 3. The molecule has 0 aromatic heterocycles. The van der Waals surface area contributed by atoms with Crippen LogP contribution in [0.4, 0.5) is 0 Å². The number of benzene rings is 1. The van der Waals surface area contributed by atoms with Crippen molar-refractivity contribution in [2.45, 2.75) is 5.75 Å². The summed E-state index contributed by atoms with van der Waals surface area (Å²) in [4.78, 5) is 0. The van der Waals surface area contributed by atoms with E-state index in [2.05, 4.69) is 0 Å². The maximum atomic E-state index is 11.4. The largest absolute Gasteiger partial charge is 0.371 e. The molecule has 3 nitrogen and oxygen atoms in total. The molecule has 0 radical (unpaired) electrons. The highest BCUT2D eigenvalue weighted by Crippen LogP contribution is 2.02. The summed E-state index contributed by atoms with van der Waals surface area (Å²) in [5, 5.41) is 8.35. The Labute approximate surface area is 86.2 Å². The van der Waals surface area contributed by atoms with Gasteiger partial charge in [0.15, 0.2) is 0 Å². The van der Waals surface area contributed by atoms with Crippen molar-refractivity contribution in [1.82, 2.24) is 0 Å². The molecule has 0 bridgehead atoms. The first-order valence-electron chi connectivity index (χ1n) is 4.40. The molecule has 0 aliphatic rings. The van der Waals surface area contributed by atoms with Crippen molar-refractivity contribution in [3.05, 3.63) is 35.9 Å². The van der Waals surface area contributed by atoms with E-state index in [1.807, 2.05) is 30.3 Å². The maximum Gasteiger partial charge on any atom is 0.143 e. The van der Waals surface area contributed by atoms with Gasteiger partial charge in [-0.1, -0.05) is 30.3 Å². The SMILES string of the molecule is O=S(CCOCO)Cc1ccccc1. The number of rotatable bonds is 6. The fraction of sp³-hybridized carbons (Fsp3) is 0.400. The predicted octanol–water partition coefficient (Wildman–Crippen LogP) is 0.902. The van der Waals surface area contributed by atoms with Crippen LogP contribution in [-0.4, -0.2) is 28.5 Å². The molecule has 14 heavy (non-hydrogen) atoms. The minimum atomic E-state index is -0.909. The van der Waals surface area contributed by atoms with Gasteiger partial charge in [0.2, 0.25) is 0 Å². The highest BCUT2D eigenvalue weighted by molar-refractivity contribution is 7.84. The van der Waals surface area contributed by atoms with Crippen molar-refractivity contribution in [2.24, 2.45) is 0 Å². The van der Waals surface area contributed by atoms with Crippen molar-refractivity contribution in [3.8, 4) is 0 Å². The number of ether oxygens (including phenoxy) is 1. The van der Waals surface area contributed by atoms with Gasteiger partial charge in [-0.25, -0.2) is 0 Å². The zero-order valence-electron chi connectivity index (χ0n) is 7.89. The molecule has 0 spiro atoms. The van der Waals surface area contributed by atoms with Crippen molar-refractivity contribution in [1.29, 1.82) is 0 Å². The normalized spacial score (nSPS) is 12.6. The topological polar surface area (TPSA) is 46.5 Å². The number of aliphatic hydroxyl groups excluding tert-OH is 1. The molecular weight excluding hydrogens is 200 g/mol. The molecule has 1 rings (SSSR count). The van der Waals surface area contributed by atoms with Gasteiger partial charge in [0.05, 0.1) is 6.61 Å². The molecule has 1 aromatic rings. The summed E-state index contributed by atoms with van der Waals surface area (Å²) in [5.74, 6) is 1.02. The van der Waals surface area contributed by atoms with Crippen LogP contribution in [0.5, 0.6) is 0 Å². The first-order valence-corrected chi connectivity index (χ1v) is 5.89. The van der Waals surface area contributed by atoms with Gasteiger partial charge in [-0.15, -0.1) is 0 Å². The Balaban J connectivity index is 2.27. The Morgan fingerprint density at radius 1 is 1.29 bits per heavy atom. The average molecular weight is 214 g/mol. The lowest BCUT2D eigenvalue weighted by Crippen LogP contribution is -2.08. The van der Waals surface area contributed by atoms with Crippen LogP contribution in [0, 0.1) is 0 Å². The predicted molar refractivity (Wildman–Crippen MR) is 56.2 cm³/mol. The molecule has 0 amide bonds. The third-order valence-corrected chi connectivity index (χ3v) is 2.99. The van der Waals surface area contributed by atoms with Gasteiger partial charge in [-0.05, 0) is 5.56 Å². The van der Waals surface area contributed by atoms with Crippen LogP contribution in [0.1, 0.15) is 5.56 Å². The monoisotopic (exact) mass is 214 g/mol. The fourth-order valence-corrected chi connectivity index (χ4v) is 2.06. The molecule has 78 valence electrons. The molecular formula is C10H14O3S. The van der Waals surface area contributed by atoms with Crippen LogP contribution in [0.3, 0.4) is 0 Å². The lowest BCUT2D eigenvalue weighted by Gasteiger charge is -2.02. The zero-order chi connectivity index (χ0) is 10.2. The van der Waals surface area contributed by atoms with Crippen LogP contribution >= 0.6 is 0 Å². The van der Waals surface area contributed by atoms with E-state index in [0.717, 1.165) is 5.56 Å². The van der Waals surface area contributed by atoms with Gasteiger partial charge >= 0.3 is 0 Å². The van der Waals surface area contributed by atoms with Crippen LogP contribution in [-0.2, 0) is 21.3 Å². The third-order valence-electron chi connectivity index (χ3n) is 1.72. The van der Waals surface area contributed by atoms with E-state index in [-0.39, 0.29) is 6.79 Å². The van der Waals surface area contributed by atoms with Crippen LogP contribution in [0.25, 0.3) is 0 Å². The van der Waals surface area contributed by atoms with Crippen molar-refractivity contribution in [2.75, 3.05) is 19.2 Å². The van der Waals surface area contributed by atoms with Crippen LogP contribution < -0.4 is 0 Å². The summed E-state index contributed by atoms with van der Waals surface area (Å²) in [5.41, 5.74) is 1.06. The molecule has 1 unspecified atom stereocenters. The van der Waals surface area contributed by atoms with E-state index in [4.69, 9.17) is 9.84 Å². The maximum absolute atomic E-state index is 11.4. The lowest BCUT2D eigenvalue weighted by atomic mass is 10.2. The quantitative estimate of drug-likeness (QED) is 0.565. The standard InChI is InChI=1S/C10H14O3S/c11-9-13-6-7-14(12)8-10-4-2-1-3-5-10/h1-5,11H,6-9H2. The second kappa shape index (κ2) is 6.70. The Hall–Kier alpha value is -0.710. The van der Waals surface area contributed by atoms with Crippen LogP contribution in [0.2, 0.25) is 0 Å². The second-order valence-corrected chi connectivity index (χ2v) is 4.39. The van der Waals surface area contributed by atoms with Crippen molar-refractivity contribution in [3.63, 3.8) is 0 Å². The summed E-state index contributed by atoms with van der Waals surface area (Å²) in [6.45, 7) is 0.0402. The molecule has 0 saturated carbocycles. The highest BCUT2D eigenvalue weighted by Gasteiger charge is 2.00. The minimum absolute atomic E-state index is 0.303. The van der Waals surface area contributed by atoms with Gasteiger partial charge in [0.25, 0.3) is 0 Å². The minimum Gasteiger partial charge on any atom is -0.371 e. The summed E-state index contributed by atoms with van der Waals surface area (Å²) < 4.78 is 16.1. The summed E-state index contributed by atoms with van der Waals surface area (Å²) >= 11 is 0. The Bertz CT molecular complexity index is 274. The van der Waals surface area contributed by atoms with Gasteiger partial charge in [-0.2, -0.15) is 0 Å². The average Bonchev–Trinajstić information content (AvgIpc) is 2.20. The van der Waals surface area contributed by atoms with E-state index in [9.17, 15) is 4.21 Å². The molecule has 1 atom stereocenters. The van der Waals surface area contributed by atoms with Crippen molar-refractivity contribution < 1.29 is 14.1 Å². The smallest absolute Gasteiger partial charge is 0.143 e. The first kappa shape index (κ1) is 11.4. The highest BCUT2D eigenvalue weighted by atomic mass is 32.2. The zero-order valence-corrected chi connectivity index (χ0v) is 8.70. The summed E-state index contributed by atoms with van der Waals surface area (Å²) in [6, 6.07) is 9.68. The lowest BCUT2D eigenvalue weighted by molar-refractivity contribution is 0.00650. The van der Waals surface area contributed by atoms with Gasteiger partial charge in [0.1, 0.15) is 6.79 Å². The fourth-order valence-electron chi connectivity index (χ4n) is 1.05. The molecule has 0 heterocycles. The van der Waals surface area contributed by atoms with E-state index in [1.165, 1.54) is 0 Å². The van der Waals surface area contributed by atoms with Gasteiger partial charge < -0.3 is 9.84 Å². The molecule has 0 saturated heterocycles. The molecule has 0 fully saturated rings. The first-order chi connectivity index (χ1) is 6.83. The molecule has 0 aliphatic carbocycles. The molecule has 1 aromatic carbocycles. The molecule has 0 aliphatic heterocycles. The van der Waals surface area contributed by atoms with E-state index in [1.54, 1.807) is 0 Å². The molecule has 4 heteroatoms. The Kier molecular flexibility index (Phi) is 5.44. The number of aliphatic hydroxyl groups is 1. The second-order valence-electron chi connectivity index (χ2n) is 2.81. The van der Waals surface area contributed by atoms with E-state index in [0.29, 0.717) is 18.1 Å². The summed E-state index contributed by atoms with van der Waals surface area (Å²) in [6.07, 6.45) is 0. The van der Waals surface area contributed by atoms with E-state index >= 15 is 0 Å². The van der Waals surface area contributed by atoms with Gasteiger partial charge in [0, 0.05) is 22.3 Å². The van der Waals surface area contributed by atoms with E-state index < -0.39 is 10.8 Å². The molecule has 1 N–H and O–H groups in total. The third kappa shape index (κ3) is 4.50. The number of hydrogen-bond donors (Lipinski definition) is 1. The Morgan fingerprint density at radius 3 is 2.64 bits per heavy atom.